The van der Waals surface area contributed by atoms with Crippen molar-refractivity contribution in [3.05, 3.63) is 35.9 Å². The third-order valence-corrected chi connectivity index (χ3v) is 3.36. The fourth-order valence-corrected chi connectivity index (χ4v) is 2.22. The zero-order valence-electron chi connectivity index (χ0n) is 10.2. The van der Waals surface area contributed by atoms with Crippen LogP contribution < -0.4 is 10.6 Å². The van der Waals surface area contributed by atoms with Crippen LogP contribution in [0.5, 0.6) is 0 Å². The quantitative estimate of drug-likeness (QED) is 0.464. The molecule has 1 saturated heterocycles. The third kappa shape index (κ3) is 3.07. The van der Waals surface area contributed by atoms with Crippen molar-refractivity contribution < 1.29 is 15.3 Å². The molecule has 1 aliphatic heterocycles. The van der Waals surface area contributed by atoms with Gasteiger partial charge >= 0.3 is 0 Å². The van der Waals surface area contributed by atoms with Crippen molar-refractivity contribution in [3.63, 3.8) is 0 Å². The van der Waals surface area contributed by atoms with E-state index in [0.717, 1.165) is 5.56 Å². The topological polar surface area (TPSA) is 84.8 Å². The average Bonchev–Trinajstić information content (AvgIpc) is 2.72. The molecule has 1 fully saturated rings. The van der Waals surface area contributed by atoms with Crippen LogP contribution in [0.25, 0.3) is 0 Å². The molecule has 5 nitrogen and oxygen atoms in total. The Bertz CT molecular complexity index is 361. The largest absolute Gasteiger partial charge is 0.394 e. The van der Waals surface area contributed by atoms with Crippen molar-refractivity contribution in [2.45, 2.75) is 24.3 Å². The van der Waals surface area contributed by atoms with E-state index in [2.05, 4.69) is 10.6 Å². The lowest BCUT2D eigenvalue weighted by Gasteiger charge is -2.21. The molecule has 0 aromatic heterocycles. The van der Waals surface area contributed by atoms with E-state index in [4.69, 9.17) is 0 Å². The van der Waals surface area contributed by atoms with Gasteiger partial charge in [-0.2, -0.15) is 0 Å². The highest BCUT2D eigenvalue weighted by Crippen LogP contribution is 2.13. The van der Waals surface area contributed by atoms with Crippen LogP contribution >= 0.6 is 0 Å². The number of rotatable bonds is 5. The molecular formula is C13H20N2O3. The molecule has 1 aromatic rings. The van der Waals surface area contributed by atoms with Gasteiger partial charge in [0.1, 0.15) is 0 Å². The fraction of sp³-hybridized carbons (Fsp3) is 0.538. The summed E-state index contributed by atoms with van der Waals surface area (Å²) in [6, 6.07) is 9.33. The van der Waals surface area contributed by atoms with Gasteiger partial charge in [-0.3, -0.25) is 0 Å². The lowest BCUT2D eigenvalue weighted by molar-refractivity contribution is 0.0399. The minimum Gasteiger partial charge on any atom is -0.394 e. The lowest BCUT2D eigenvalue weighted by atomic mass is 10.1. The van der Waals surface area contributed by atoms with E-state index in [1.165, 1.54) is 0 Å². The van der Waals surface area contributed by atoms with Crippen LogP contribution in [-0.4, -0.2) is 53.3 Å². The number of hydrogen-bond donors (Lipinski definition) is 5. The van der Waals surface area contributed by atoms with Crippen molar-refractivity contribution in [1.82, 2.24) is 10.6 Å². The maximum Gasteiger partial charge on any atom is 0.0976 e. The first-order valence-electron chi connectivity index (χ1n) is 6.21. The van der Waals surface area contributed by atoms with Crippen LogP contribution in [-0.2, 0) is 0 Å². The van der Waals surface area contributed by atoms with E-state index in [0.29, 0.717) is 13.1 Å². The predicted octanol–water partition coefficient (Wildman–Crippen LogP) is -0.997. The maximum absolute atomic E-state index is 9.70. The first-order chi connectivity index (χ1) is 8.72. The normalized spacial score (nSPS) is 29.4. The predicted molar refractivity (Wildman–Crippen MR) is 68.1 cm³/mol. The summed E-state index contributed by atoms with van der Waals surface area (Å²) < 4.78 is 0. The highest BCUT2D eigenvalue weighted by atomic mass is 16.3. The van der Waals surface area contributed by atoms with Gasteiger partial charge < -0.3 is 26.0 Å². The maximum atomic E-state index is 9.70. The van der Waals surface area contributed by atoms with Crippen molar-refractivity contribution in [3.8, 4) is 0 Å². The summed E-state index contributed by atoms with van der Waals surface area (Å²) in [5.74, 6) is 0. The molecule has 4 atom stereocenters. The molecule has 0 saturated carbocycles. The first kappa shape index (κ1) is 13.5. The van der Waals surface area contributed by atoms with Gasteiger partial charge in [0.2, 0.25) is 0 Å². The Morgan fingerprint density at radius 3 is 2.56 bits per heavy atom. The Kier molecular flexibility index (Phi) is 4.68. The highest BCUT2D eigenvalue weighted by Gasteiger charge is 2.32. The molecule has 1 aromatic carbocycles. The molecule has 0 radical (unpaired) electrons. The Hall–Kier alpha value is -0.980. The van der Waals surface area contributed by atoms with Gasteiger partial charge in [-0.25, -0.2) is 0 Å². The Balaban J connectivity index is 1.88. The number of aliphatic hydroxyl groups is 3. The summed E-state index contributed by atoms with van der Waals surface area (Å²) in [6.45, 7) is 0.899. The second kappa shape index (κ2) is 6.26. The monoisotopic (exact) mass is 252 g/mol. The van der Waals surface area contributed by atoms with E-state index in [-0.39, 0.29) is 18.7 Å². The van der Waals surface area contributed by atoms with E-state index < -0.39 is 12.2 Å². The van der Waals surface area contributed by atoms with Crippen LogP contribution in [0.1, 0.15) is 11.6 Å². The minimum absolute atomic E-state index is 0.00458. The fourth-order valence-electron chi connectivity index (χ4n) is 2.22. The van der Waals surface area contributed by atoms with Gasteiger partial charge in [-0.1, -0.05) is 30.3 Å². The van der Waals surface area contributed by atoms with E-state index in [1.54, 1.807) is 0 Å². The Labute approximate surface area is 106 Å². The molecule has 2 rings (SSSR count). The van der Waals surface area contributed by atoms with E-state index in [9.17, 15) is 15.3 Å². The Morgan fingerprint density at radius 1 is 1.28 bits per heavy atom. The molecule has 0 spiro atoms. The summed E-state index contributed by atoms with van der Waals surface area (Å²) >= 11 is 0. The van der Waals surface area contributed by atoms with E-state index >= 15 is 0 Å². The van der Waals surface area contributed by atoms with E-state index in [1.807, 2.05) is 30.3 Å². The second-order valence-electron chi connectivity index (χ2n) is 4.63. The van der Waals surface area contributed by atoms with Crippen LogP contribution in [0.3, 0.4) is 0 Å². The molecule has 18 heavy (non-hydrogen) atoms. The second-order valence-corrected chi connectivity index (χ2v) is 4.63. The lowest BCUT2D eigenvalue weighted by Crippen LogP contribution is -2.43. The molecule has 0 amide bonds. The summed E-state index contributed by atoms with van der Waals surface area (Å²) in [5, 5.41) is 34.7. The molecule has 0 aliphatic carbocycles. The Morgan fingerprint density at radius 2 is 2.00 bits per heavy atom. The molecular weight excluding hydrogens is 232 g/mol. The standard InChI is InChI=1S/C13H20N2O3/c16-8-11(9-4-2-1-3-5-9)14-6-10-13(18)12(17)7-15-10/h1-5,10-18H,6-8H2/t10-,11?,12+,13-/m1/s1. The minimum atomic E-state index is -0.757. The molecule has 1 heterocycles. The zero-order chi connectivity index (χ0) is 13.0. The summed E-state index contributed by atoms with van der Waals surface area (Å²) in [7, 11) is 0. The number of benzene rings is 1. The first-order valence-corrected chi connectivity index (χ1v) is 6.21. The van der Waals surface area contributed by atoms with Crippen LogP contribution in [0, 0.1) is 0 Å². The zero-order valence-corrected chi connectivity index (χ0v) is 10.2. The van der Waals surface area contributed by atoms with Gasteiger partial charge in [-0.05, 0) is 5.56 Å². The van der Waals surface area contributed by atoms with Crippen LogP contribution in [0.2, 0.25) is 0 Å². The van der Waals surface area contributed by atoms with Crippen molar-refractivity contribution in [1.29, 1.82) is 0 Å². The number of nitrogens with one attached hydrogen (secondary N) is 2. The third-order valence-electron chi connectivity index (χ3n) is 3.36. The van der Waals surface area contributed by atoms with Crippen LogP contribution in [0.4, 0.5) is 0 Å². The molecule has 5 N–H and O–H groups in total. The average molecular weight is 252 g/mol. The molecule has 5 heteroatoms. The summed E-state index contributed by atoms with van der Waals surface area (Å²) in [6.07, 6.45) is -1.46. The number of β-amino-alcohol motifs (C(OH)–C–C–N with tert-alkyl or cyclic N) is 1. The number of aliphatic hydroxyl groups excluding tert-OH is 3. The van der Waals surface area contributed by atoms with Gasteiger partial charge in [0.15, 0.2) is 0 Å². The van der Waals surface area contributed by atoms with Gasteiger partial charge in [-0.15, -0.1) is 0 Å². The SMILES string of the molecule is OCC(NC[C@H]1NC[C@H](O)[C@@H]1O)c1ccccc1. The number of hydrogen-bond acceptors (Lipinski definition) is 5. The van der Waals surface area contributed by atoms with Crippen molar-refractivity contribution >= 4 is 0 Å². The van der Waals surface area contributed by atoms with Gasteiger partial charge in [0, 0.05) is 19.1 Å². The van der Waals surface area contributed by atoms with Crippen molar-refractivity contribution in [2.75, 3.05) is 19.7 Å². The molecule has 1 unspecified atom stereocenters. The highest BCUT2D eigenvalue weighted by molar-refractivity contribution is 5.19. The van der Waals surface area contributed by atoms with Crippen LogP contribution in [0.15, 0.2) is 30.3 Å². The van der Waals surface area contributed by atoms with Gasteiger partial charge in [0.25, 0.3) is 0 Å². The van der Waals surface area contributed by atoms with Gasteiger partial charge in [0.05, 0.1) is 24.9 Å². The summed E-state index contributed by atoms with van der Waals surface area (Å²) in [5.41, 5.74) is 1.01. The molecule has 0 bridgehead atoms. The molecule has 1 aliphatic rings. The molecule has 100 valence electrons. The summed E-state index contributed by atoms with van der Waals surface area (Å²) in [4.78, 5) is 0. The van der Waals surface area contributed by atoms with Crippen molar-refractivity contribution in [2.24, 2.45) is 0 Å². The smallest absolute Gasteiger partial charge is 0.0976 e.